The van der Waals surface area contributed by atoms with Crippen molar-refractivity contribution in [3.63, 3.8) is 0 Å². The van der Waals surface area contributed by atoms with Gasteiger partial charge < -0.3 is 5.32 Å². The molecule has 0 aliphatic carbocycles. The molecule has 3 heterocycles. The summed E-state index contributed by atoms with van der Waals surface area (Å²) in [6.45, 7) is 3.19. The second-order valence-corrected chi connectivity index (χ2v) is 6.56. The molecule has 2 saturated heterocycles. The van der Waals surface area contributed by atoms with Crippen LogP contribution in [-0.4, -0.2) is 52.2 Å². The highest BCUT2D eigenvalue weighted by molar-refractivity contribution is 9.10. The van der Waals surface area contributed by atoms with E-state index >= 15 is 0 Å². The molecule has 1 aromatic rings. The molecule has 6 heteroatoms. The molecule has 1 N–H and O–H groups in total. The highest BCUT2D eigenvalue weighted by Crippen LogP contribution is 2.28. The summed E-state index contributed by atoms with van der Waals surface area (Å²) in [4.78, 5) is 15.3. The number of ketones is 1. The van der Waals surface area contributed by atoms with Crippen LogP contribution in [0.2, 0.25) is 0 Å². The van der Waals surface area contributed by atoms with Crippen LogP contribution in [0.5, 0.6) is 0 Å². The van der Waals surface area contributed by atoms with Crippen LogP contribution in [0.1, 0.15) is 36.2 Å². The van der Waals surface area contributed by atoms with Crippen LogP contribution in [0.25, 0.3) is 0 Å². The van der Waals surface area contributed by atoms with Crippen molar-refractivity contribution in [3.05, 3.63) is 16.4 Å². The first-order valence-electron chi connectivity index (χ1n) is 7.36. The average molecular weight is 341 g/mol. The maximum absolute atomic E-state index is 12.9. The van der Waals surface area contributed by atoms with Gasteiger partial charge in [0.05, 0.1) is 16.7 Å². The van der Waals surface area contributed by atoms with Crippen molar-refractivity contribution in [2.45, 2.75) is 37.8 Å². The van der Waals surface area contributed by atoms with E-state index in [0.29, 0.717) is 11.7 Å². The Hall–Kier alpha value is -0.720. The molecule has 2 fully saturated rings. The molecule has 1 atom stereocenters. The Balaban J connectivity index is 1.79. The second kappa shape index (κ2) is 5.95. The first kappa shape index (κ1) is 14.2. The van der Waals surface area contributed by atoms with Crippen LogP contribution in [-0.2, 0) is 7.05 Å². The van der Waals surface area contributed by atoms with Gasteiger partial charge in [0.1, 0.15) is 5.69 Å². The lowest BCUT2D eigenvalue weighted by molar-refractivity contribution is 0.0773. The molecule has 5 nitrogen and oxygen atoms in total. The van der Waals surface area contributed by atoms with E-state index in [0.717, 1.165) is 49.8 Å². The van der Waals surface area contributed by atoms with Gasteiger partial charge in [-0.3, -0.25) is 14.4 Å². The number of aryl methyl sites for hydroxylation is 1. The molecule has 110 valence electrons. The average Bonchev–Trinajstić information content (AvgIpc) is 3.07. The van der Waals surface area contributed by atoms with E-state index in [1.807, 2.05) is 7.05 Å². The normalized spacial score (nSPS) is 25.2. The van der Waals surface area contributed by atoms with Crippen LogP contribution < -0.4 is 5.32 Å². The number of hydrogen-bond acceptors (Lipinski definition) is 4. The summed E-state index contributed by atoms with van der Waals surface area (Å²) < 4.78 is 2.49. The van der Waals surface area contributed by atoms with Gasteiger partial charge in [-0.2, -0.15) is 5.10 Å². The Labute approximate surface area is 127 Å². The van der Waals surface area contributed by atoms with Gasteiger partial charge >= 0.3 is 0 Å². The number of nitrogens with zero attached hydrogens (tertiary/aromatic N) is 3. The van der Waals surface area contributed by atoms with Crippen molar-refractivity contribution in [1.82, 2.24) is 20.0 Å². The number of Topliss-reactive ketones (excluding diaryl/α,β-unsaturated/α-hetero) is 1. The van der Waals surface area contributed by atoms with Gasteiger partial charge in [-0.1, -0.05) is 0 Å². The fraction of sp³-hybridized carbons (Fsp3) is 0.714. The van der Waals surface area contributed by atoms with E-state index in [-0.39, 0.29) is 11.8 Å². The van der Waals surface area contributed by atoms with Crippen LogP contribution in [0.3, 0.4) is 0 Å². The number of carbonyl (C=O) groups is 1. The molecule has 3 rings (SSSR count). The van der Waals surface area contributed by atoms with Crippen LogP contribution in [0, 0.1) is 0 Å². The minimum absolute atomic E-state index is 0.0322. The molecule has 20 heavy (non-hydrogen) atoms. The number of nitrogens with one attached hydrogen (secondary N) is 1. The van der Waals surface area contributed by atoms with Crippen molar-refractivity contribution < 1.29 is 4.79 Å². The summed E-state index contributed by atoms with van der Waals surface area (Å²) in [6.07, 6.45) is 6.10. The van der Waals surface area contributed by atoms with Crippen molar-refractivity contribution in [2.75, 3.05) is 19.6 Å². The van der Waals surface area contributed by atoms with Gasteiger partial charge in [0.15, 0.2) is 5.78 Å². The molecule has 0 aromatic carbocycles. The zero-order chi connectivity index (χ0) is 14.1. The Morgan fingerprint density at radius 2 is 2.15 bits per heavy atom. The van der Waals surface area contributed by atoms with E-state index in [9.17, 15) is 4.79 Å². The van der Waals surface area contributed by atoms with E-state index in [1.54, 1.807) is 10.9 Å². The third-order valence-corrected chi connectivity index (χ3v) is 5.08. The maximum atomic E-state index is 12.9. The van der Waals surface area contributed by atoms with Gasteiger partial charge in [0.25, 0.3) is 0 Å². The van der Waals surface area contributed by atoms with E-state index in [4.69, 9.17) is 0 Å². The molecule has 2 aliphatic heterocycles. The number of hydrogen-bond donors (Lipinski definition) is 1. The smallest absolute Gasteiger partial charge is 0.199 e. The second-order valence-electron chi connectivity index (χ2n) is 5.71. The zero-order valence-corrected chi connectivity index (χ0v) is 13.4. The first-order valence-corrected chi connectivity index (χ1v) is 8.16. The predicted molar refractivity (Wildman–Crippen MR) is 80.9 cm³/mol. The number of piperidine rings is 1. The highest BCUT2D eigenvalue weighted by atomic mass is 79.9. The topological polar surface area (TPSA) is 50.2 Å². The molecule has 0 saturated carbocycles. The molecule has 0 spiro atoms. The Morgan fingerprint density at radius 3 is 2.80 bits per heavy atom. The summed E-state index contributed by atoms with van der Waals surface area (Å²) >= 11 is 3.45. The SMILES string of the molecule is Cn1ncc(Br)c1C(=O)C1CCCN1C1CCNCC1. The summed E-state index contributed by atoms with van der Waals surface area (Å²) in [5, 5.41) is 7.56. The number of halogens is 1. The van der Waals surface area contributed by atoms with Crippen molar-refractivity contribution >= 4 is 21.7 Å². The van der Waals surface area contributed by atoms with Gasteiger partial charge in [0.2, 0.25) is 0 Å². The molecule has 1 aromatic heterocycles. The quantitative estimate of drug-likeness (QED) is 0.849. The molecular formula is C14H21BrN4O. The van der Waals surface area contributed by atoms with Crippen molar-refractivity contribution in [1.29, 1.82) is 0 Å². The zero-order valence-electron chi connectivity index (χ0n) is 11.8. The van der Waals surface area contributed by atoms with E-state index in [1.165, 1.54) is 0 Å². The van der Waals surface area contributed by atoms with E-state index < -0.39 is 0 Å². The fourth-order valence-corrected chi connectivity index (χ4v) is 4.04. The number of carbonyl (C=O) groups excluding carboxylic acids is 1. The summed E-state index contributed by atoms with van der Waals surface area (Å²) in [7, 11) is 1.84. The highest BCUT2D eigenvalue weighted by Gasteiger charge is 2.37. The van der Waals surface area contributed by atoms with Gasteiger partial charge in [-0.05, 0) is 61.2 Å². The molecule has 0 bridgehead atoms. The first-order chi connectivity index (χ1) is 9.68. The van der Waals surface area contributed by atoms with Gasteiger partial charge in [-0.15, -0.1) is 0 Å². The van der Waals surface area contributed by atoms with Crippen LogP contribution >= 0.6 is 15.9 Å². The van der Waals surface area contributed by atoms with Gasteiger partial charge in [0, 0.05) is 13.1 Å². The molecular weight excluding hydrogens is 320 g/mol. The number of rotatable bonds is 3. The standard InChI is InChI=1S/C14H21BrN4O/c1-18-13(11(15)9-17-18)14(20)12-3-2-8-19(12)10-4-6-16-7-5-10/h9-10,12,16H,2-8H2,1H3. The summed E-state index contributed by atoms with van der Waals surface area (Å²) in [5.41, 5.74) is 0.704. The Morgan fingerprint density at radius 1 is 1.40 bits per heavy atom. The monoisotopic (exact) mass is 340 g/mol. The lowest BCUT2D eigenvalue weighted by Crippen LogP contribution is -2.48. The van der Waals surface area contributed by atoms with Crippen LogP contribution in [0.4, 0.5) is 0 Å². The minimum Gasteiger partial charge on any atom is -0.317 e. The van der Waals surface area contributed by atoms with Crippen molar-refractivity contribution in [2.24, 2.45) is 7.05 Å². The summed E-state index contributed by atoms with van der Waals surface area (Å²) in [5.74, 6) is 0.216. The Bertz CT molecular complexity index is 476. The largest absolute Gasteiger partial charge is 0.317 e. The third kappa shape index (κ3) is 2.56. The molecule has 0 amide bonds. The fourth-order valence-electron chi connectivity index (χ4n) is 3.49. The van der Waals surface area contributed by atoms with Crippen molar-refractivity contribution in [3.8, 4) is 0 Å². The minimum atomic E-state index is 0.0322. The number of aromatic nitrogens is 2. The summed E-state index contributed by atoms with van der Waals surface area (Å²) in [6, 6.07) is 0.588. The van der Waals surface area contributed by atoms with E-state index in [2.05, 4.69) is 31.2 Å². The molecule has 2 aliphatic rings. The van der Waals surface area contributed by atoms with Crippen LogP contribution in [0.15, 0.2) is 10.7 Å². The molecule has 0 radical (unpaired) electrons. The lowest BCUT2D eigenvalue weighted by atomic mass is 10.0. The predicted octanol–water partition coefficient (Wildman–Crippen LogP) is 1.58. The maximum Gasteiger partial charge on any atom is 0.199 e. The van der Waals surface area contributed by atoms with Gasteiger partial charge in [-0.25, -0.2) is 0 Å². The Kier molecular flexibility index (Phi) is 4.23. The number of likely N-dealkylation sites (tertiary alicyclic amines) is 1. The third-order valence-electron chi connectivity index (χ3n) is 4.50. The lowest BCUT2D eigenvalue weighted by Gasteiger charge is -2.35. The molecule has 1 unspecified atom stereocenters.